The lowest BCUT2D eigenvalue weighted by Crippen LogP contribution is -2.36. The molecule has 1 N–H and O–H groups in total. The normalized spacial score (nSPS) is 22.9. The second-order valence-corrected chi connectivity index (χ2v) is 7.61. The number of hydrogen-bond acceptors (Lipinski definition) is 2. The topological polar surface area (TPSA) is 29.5 Å². The Morgan fingerprint density at radius 3 is 2.70 bits per heavy atom. The number of allylic oxidation sites excluding steroid dienone is 4. The largest absolute Gasteiger partial charge is 0.508 e. The van der Waals surface area contributed by atoms with Gasteiger partial charge in [-0.25, -0.2) is 0 Å². The minimum absolute atomic E-state index is 0.0484. The number of ether oxygens (including phenoxy) is 1. The summed E-state index contributed by atoms with van der Waals surface area (Å²) in [6.07, 6.45) is 8.02. The van der Waals surface area contributed by atoms with E-state index in [1.165, 1.54) is 0 Å². The van der Waals surface area contributed by atoms with Crippen molar-refractivity contribution in [3.05, 3.63) is 59.1 Å². The van der Waals surface area contributed by atoms with Crippen LogP contribution in [-0.4, -0.2) is 12.2 Å². The number of benzene rings is 1. The van der Waals surface area contributed by atoms with Gasteiger partial charge in [0.1, 0.15) is 11.5 Å². The Kier molecular flexibility index (Phi) is 5.41. The van der Waals surface area contributed by atoms with Crippen LogP contribution in [0.3, 0.4) is 0 Å². The van der Waals surface area contributed by atoms with Crippen LogP contribution in [0.25, 0.3) is 0 Å². The quantitative estimate of drug-likeness (QED) is 0.671. The average molecular weight is 377 g/mol. The SMILES string of the molecule is C=CC[C@H]1C=CC(=C)[C@H](Cc2cc(OC)c(Br)cc2O)C1(C)C. The molecule has 0 heterocycles. The van der Waals surface area contributed by atoms with Crippen molar-refractivity contribution in [2.45, 2.75) is 26.7 Å². The zero-order valence-electron chi connectivity index (χ0n) is 14.1. The lowest BCUT2D eigenvalue weighted by Gasteiger charge is -2.43. The Morgan fingerprint density at radius 1 is 1.39 bits per heavy atom. The Labute approximate surface area is 147 Å². The standard InChI is InChI=1S/C20H25BrO2/c1-6-7-15-9-8-13(2)16(20(15,3)4)10-14-11-19(23-5)17(21)12-18(14)22/h6,8-9,11-12,15-16,22H,1-2,7,10H2,3-5H3/t15-,16-/m0/s1. The highest BCUT2D eigenvalue weighted by molar-refractivity contribution is 9.10. The van der Waals surface area contributed by atoms with Crippen LogP contribution in [0, 0.1) is 17.3 Å². The van der Waals surface area contributed by atoms with Gasteiger partial charge >= 0.3 is 0 Å². The summed E-state index contributed by atoms with van der Waals surface area (Å²) in [6.45, 7) is 12.7. The summed E-state index contributed by atoms with van der Waals surface area (Å²) in [5.41, 5.74) is 2.04. The average Bonchev–Trinajstić information content (AvgIpc) is 2.48. The number of phenolic OH excluding ortho intramolecular Hbond substituents is 1. The van der Waals surface area contributed by atoms with Gasteiger partial charge in [-0.05, 0) is 63.7 Å². The number of hydrogen-bond donors (Lipinski definition) is 1. The molecule has 23 heavy (non-hydrogen) atoms. The van der Waals surface area contributed by atoms with Crippen molar-refractivity contribution in [2.24, 2.45) is 17.3 Å². The Morgan fingerprint density at radius 2 is 2.09 bits per heavy atom. The van der Waals surface area contributed by atoms with Crippen LogP contribution in [0.5, 0.6) is 11.5 Å². The molecule has 0 saturated heterocycles. The number of rotatable bonds is 5. The van der Waals surface area contributed by atoms with Crippen LogP contribution in [0.2, 0.25) is 0 Å². The maximum atomic E-state index is 10.3. The first-order valence-electron chi connectivity index (χ1n) is 7.84. The van der Waals surface area contributed by atoms with Crippen LogP contribution < -0.4 is 4.74 Å². The first-order valence-corrected chi connectivity index (χ1v) is 8.63. The summed E-state index contributed by atoms with van der Waals surface area (Å²) in [4.78, 5) is 0. The number of phenols is 1. The third kappa shape index (κ3) is 3.55. The van der Waals surface area contributed by atoms with E-state index in [2.05, 4.69) is 55.1 Å². The van der Waals surface area contributed by atoms with Gasteiger partial charge in [0.2, 0.25) is 0 Å². The predicted molar refractivity (Wildman–Crippen MR) is 99.9 cm³/mol. The molecule has 1 aliphatic carbocycles. The molecule has 0 spiro atoms. The molecule has 0 fully saturated rings. The lowest BCUT2D eigenvalue weighted by atomic mass is 9.61. The first-order chi connectivity index (χ1) is 10.8. The van der Waals surface area contributed by atoms with Gasteiger partial charge in [-0.2, -0.15) is 0 Å². The summed E-state index contributed by atoms with van der Waals surface area (Å²) in [7, 11) is 1.63. The number of halogens is 1. The van der Waals surface area contributed by atoms with Crippen molar-refractivity contribution in [2.75, 3.05) is 7.11 Å². The summed E-state index contributed by atoms with van der Waals surface area (Å²) in [5.74, 6) is 1.70. The van der Waals surface area contributed by atoms with Crippen LogP contribution in [0.4, 0.5) is 0 Å². The highest BCUT2D eigenvalue weighted by atomic mass is 79.9. The molecule has 2 atom stereocenters. The minimum atomic E-state index is 0.0484. The fourth-order valence-electron chi connectivity index (χ4n) is 3.42. The smallest absolute Gasteiger partial charge is 0.133 e. The number of aromatic hydroxyl groups is 1. The first kappa shape index (κ1) is 17.9. The molecule has 1 aromatic carbocycles. The second kappa shape index (κ2) is 6.96. The van der Waals surface area contributed by atoms with Crippen LogP contribution >= 0.6 is 15.9 Å². The van der Waals surface area contributed by atoms with Crippen molar-refractivity contribution in [1.82, 2.24) is 0 Å². The highest BCUT2D eigenvalue weighted by Crippen LogP contribution is 2.48. The molecule has 124 valence electrons. The van der Waals surface area contributed by atoms with Crippen molar-refractivity contribution < 1.29 is 9.84 Å². The van der Waals surface area contributed by atoms with Crippen molar-refractivity contribution >= 4 is 15.9 Å². The molecule has 1 aromatic rings. The van der Waals surface area contributed by atoms with E-state index in [0.29, 0.717) is 5.92 Å². The van der Waals surface area contributed by atoms with E-state index in [9.17, 15) is 5.11 Å². The van der Waals surface area contributed by atoms with E-state index in [4.69, 9.17) is 4.74 Å². The van der Waals surface area contributed by atoms with Crippen molar-refractivity contribution in [1.29, 1.82) is 0 Å². The summed E-state index contributed by atoms with van der Waals surface area (Å²) in [6, 6.07) is 3.60. The molecular formula is C20H25BrO2. The summed E-state index contributed by atoms with van der Waals surface area (Å²) in [5, 5.41) is 10.3. The molecule has 2 nitrogen and oxygen atoms in total. The van der Waals surface area contributed by atoms with Crippen LogP contribution in [0.15, 0.2) is 53.6 Å². The van der Waals surface area contributed by atoms with Crippen molar-refractivity contribution in [3.63, 3.8) is 0 Å². The zero-order chi connectivity index (χ0) is 17.2. The van der Waals surface area contributed by atoms with Crippen LogP contribution in [-0.2, 0) is 6.42 Å². The van der Waals surface area contributed by atoms with Gasteiger partial charge in [0.25, 0.3) is 0 Å². The van der Waals surface area contributed by atoms with Gasteiger partial charge in [-0.3, -0.25) is 0 Å². The number of methoxy groups -OCH3 is 1. The Hall–Kier alpha value is -1.48. The minimum Gasteiger partial charge on any atom is -0.508 e. The fourth-order valence-corrected chi connectivity index (χ4v) is 3.91. The molecule has 3 heteroatoms. The zero-order valence-corrected chi connectivity index (χ0v) is 15.7. The van der Waals surface area contributed by atoms with E-state index >= 15 is 0 Å². The molecular weight excluding hydrogens is 352 g/mol. The monoisotopic (exact) mass is 376 g/mol. The Balaban J connectivity index is 2.36. The Bertz CT molecular complexity index is 643. The third-order valence-corrected chi connectivity index (χ3v) is 5.66. The van der Waals surface area contributed by atoms with E-state index in [0.717, 1.165) is 34.2 Å². The lowest BCUT2D eigenvalue weighted by molar-refractivity contribution is 0.165. The molecule has 1 aliphatic rings. The molecule has 0 radical (unpaired) electrons. The predicted octanol–water partition coefficient (Wildman–Crippen LogP) is 5.67. The molecule has 0 amide bonds. The molecule has 0 saturated carbocycles. The van der Waals surface area contributed by atoms with Gasteiger partial charge in [0, 0.05) is 0 Å². The van der Waals surface area contributed by atoms with E-state index in [1.54, 1.807) is 13.2 Å². The van der Waals surface area contributed by atoms with Gasteiger partial charge in [0.05, 0.1) is 11.6 Å². The summed E-state index contributed by atoms with van der Waals surface area (Å²) >= 11 is 3.41. The fraction of sp³-hybridized carbons (Fsp3) is 0.400. The van der Waals surface area contributed by atoms with Gasteiger partial charge in [0.15, 0.2) is 0 Å². The molecule has 0 aliphatic heterocycles. The van der Waals surface area contributed by atoms with E-state index < -0.39 is 0 Å². The second-order valence-electron chi connectivity index (χ2n) is 6.76. The third-order valence-electron chi connectivity index (χ3n) is 5.04. The van der Waals surface area contributed by atoms with E-state index in [1.807, 2.05) is 12.1 Å². The van der Waals surface area contributed by atoms with Gasteiger partial charge in [-0.1, -0.05) is 44.2 Å². The molecule has 0 bridgehead atoms. The van der Waals surface area contributed by atoms with Crippen molar-refractivity contribution in [3.8, 4) is 11.5 Å². The highest BCUT2D eigenvalue weighted by Gasteiger charge is 2.39. The maximum Gasteiger partial charge on any atom is 0.133 e. The van der Waals surface area contributed by atoms with E-state index in [-0.39, 0.29) is 17.1 Å². The molecule has 2 rings (SSSR count). The molecule has 0 aromatic heterocycles. The van der Waals surface area contributed by atoms with Crippen LogP contribution in [0.1, 0.15) is 25.8 Å². The maximum absolute atomic E-state index is 10.3. The molecule has 0 unspecified atom stereocenters. The van der Waals surface area contributed by atoms with Gasteiger partial charge < -0.3 is 9.84 Å². The summed E-state index contributed by atoms with van der Waals surface area (Å²) < 4.78 is 6.12. The van der Waals surface area contributed by atoms with Gasteiger partial charge in [-0.15, -0.1) is 6.58 Å².